The molecule has 0 atom stereocenters. The first-order chi connectivity index (χ1) is 32.7. The summed E-state index contributed by atoms with van der Waals surface area (Å²) < 4.78 is 6.54. The molecule has 0 N–H and O–H groups in total. The highest BCUT2D eigenvalue weighted by atomic mass is 16.3. The second-order valence-corrected chi connectivity index (χ2v) is 16.9. The summed E-state index contributed by atoms with van der Waals surface area (Å²) in [5, 5.41) is 4.64. The van der Waals surface area contributed by atoms with E-state index in [1.165, 1.54) is 55.3 Å². The molecule has 0 amide bonds. The number of para-hydroxylation sites is 2. The van der Waals surface area contributed by atoms with Crippen LogP contribution in [0.2, 0.25) is 0 Å². The molecule has 0 spiro atoms. The number of hydrogen-bond donors (Lipinski definition) is 0. The molecular weight excluding hydrogens is 799 g/mol. The lowest BCUT2D eigenvalue weighted by molar-refractivity contribution is 0.669. The quantitative estimate of drug-likeness (QED) is 0.144. The summed E-state index contributed by atoms with van der Waals surface area (Å²) in [7, 11) is 0. The van der Waals surface area contributed by atoms with Gasteiger partial charge in [-0.3, -0.25) is 0 Å². The van der Waals surface area contributed by atoms with Gasteiger partial charge in [-0.25, -0.2) is 0 Å². The molecule has 0 saturated heterocycles. The van der Waals surface area contributed by atoms with Crippen molar-refractivity contribution in [3.8, 4) is 66.8 Å². The van der Waals surface area contributed by atoms with Gasteiger partial charge >= 0.3 is 0 Å². The van der Waals surface area contributed by atoms with Crippen LogP contribution in [-0.4, -0.2) is 0 Å². The second kappa shape index (κ2) is 16.8. The van der Waals surface area contributed by atoms with Crippen molar-refractivity contribution in [3.05, 3.63) is 261 Å². The van der Waals surface area contributed by atoms with Gasteiger partial charge in [-0.1, -0.05) is 206 Å². The fraction of sp³-hybridized carbons (Fsp3) is 0. The summed E-state index contributed by atoms with van der Waals surface area (Å²) >= 11 is 0. The third-order valence-electron chi connectivity index (χ3n) is 12.9. The van der Waals surface area contributed by atoms with Crippen LogP contribution in [0.4, 0.5) is 17.1 Å². The van der Waals surface area contributed by atoms with E-state index >= 15 is 0 Å². The number of anilines is 3. The Kier molecular flexibility index (Phi) is 9.89. The average molecular weight is 842 g/mol. The van der Waals surface area contributed by atoms with Crippen molar-refractivity contribution in [1.82, 2.24) is 0 Å². The summed E-state index contributed by atoms with van der Waals surface area (Å²) in [5.41, 5.74) is 19.2. The van der Waals surface area contributed by atoms with Crippen molar-refractivity contribution in [2.45, 2.75) is 0 Å². The molecule has 0 bridgehead atoms. The van der Waals surface area contributed by atoms with Crippen LogP contribution in [0.25, 0.3) is 99.5 Å². The van der Waals surface area contributed by atoms with Crippen LogP contribution in [0.15, 0.2) is 265 Å². The minimum absolute atomic E-state index is 0.894. The van der Waals surface area contributed by atoms with E-state index in [0.29, 0.717) is 0 Å². The lowest BCUT2D eigenvalue weighted by atomic mass is 9.91. The third-order valence-corrected chi connectivity index (χ3v) is 12.9. The SMILES string of the molecule is c1ccc(-c2ccc(-c3ccc(N(c4ccc(-c5ccc6c(c5)c(-c5cccc(-c7ccccc7)c5)cc5oc7ccccc7c56)cc4)c4ccccc4-c4ccccc4)cc3)cc2)cc1. The molecule has 11 aromatic carbocycles. The van der Waals surface area contributed by atoms with Crippen molar-refractivity contribution in [2.24, 2.45) is 0 Å². The minimum Gasteiger partial charge on any atom is -0.456 e. The smallest absolute Gasteiger partial charge is 0.136 e. The maximum Gasteiger partial charge on any atom is 0.136 e. The summed E-state index contributed by atoms with van der Waals surface area (Å²) in [6.07, 6.45) is 0. The van der Waals surface area contributed by atoms with Gasteiger partial charge in [-0.2, -0.15) is 0 Å². The molecule has 1 aromatic heterocycles. The molecule has 0 fully saturated rings. The van der Waals surface area contributed by atoms with Crippen LogP contribution in [0.1, 0.15) is 0 Å². The van der Waals surface area contributed by atoms with Gasteiger partial charge in [0.05, 0.1) is 5.69 Å². The zero-order chi connectivity index (χ0) is 43.8. The fourth-order valence-electron chi connectivity index (χ4n) is 9.60. The number of nitrogens with zero attached hydrogens (tertiary/aromatic N) is 1. The van der Waals surface area contributed by atoms with Crippen LogP contribution in [0.3, 0.4) is 0 Å². The third kappa shape index (κ3) is 7.21. The molecule has 0 radical (unpaired) electrons. The number of furan rings is 1. The average Bonchev–Trinajstić information content (AvgIpc) is 3.79. The second-order valence-electron chi connectivity index (χ2n) is 16.9. The van der Waals surface area contributed by atoms with Gasteiger partial charge in [0.2, 0.25) is 0 Å². The molecule has 0 aliphatic heterocycles. The number of fused-ring (bicyclic) bond motifs is 5. The summed E-state index contributed by atoms with van der Waals surface area (Å²) in [6.45, 7) is 0. The van der Waals surface area contributed by atoms with E-state index in [4.69, 9.17) is 4.42 Å². The van der Waals surface area contributed by atoms with E-state index in [1.807, 2.05) is 6.07 Å². The maximum atomic E-state index is 6.54. The van der Waals surface area contributed by atoms with Crippen LogP contribution in [0, 0.1) is 0 Å². The highest BCUT2D eigenvalue weighted by Crippen LogP contribution is 2.44. The number of rotatable bonds is 9. The molecule has 12 rings (SSSR count). The normalized spacial score (nSPS) is 11.3. The molecule has 2 nitrogen and oxygen atoms in total. The van der Waals surface area contributed by atoms with Crippen molar-refractivity contribution in [3.63, 3.8) is 0 Å². The lowest BCUT2D eigenvalue weighted by Crippen LogP contribution is -2.11. The van der Waals surface area contributed by atoms with Crippen LogP contribution in [-0.2, 0) is 0 Å². The van der Waals surface area contributed by atoms with Gasteiger partial charge in [0.15, 0.2) is 0 Å². The van der Waals surface area contributed by atoms with E-state index in [2.05, 4.69) is 260 Å². The van der Waals surface area contributed by atoms with E-state index in [-0.39, 0.29) is 0 Å². The van der Waals surface area contributed by atoms with Crippen molar-refractivity contribution < 1.29 is 4.42 Å². The first-order valence-corrected chi connectivity index (χ1v) is 22.6. The molecule has 66 heavy (non-hydrogen) atoms. The van der Waals surface area contributed by atoms with Gasteiger partial charge in [0.25, 0.3) is 0 Å². The summed E-state index contributed by atoms with van der Waals surface area (Å²) in [6, 6.07) is 93.8. The summed E-state index contributed by atoms with van der Waals surface area (Å²) in [4.78, 5) is 2.38. The Hall–Kier alpha value is -8.72. The zero-order valence-electron chi connectivity index (χ0n) is 36.2. The Balaban J connectivity index is 0.954. The Morgan fingerprint density at radius 2 is 0.697 bits per heavy atom. The molecule has 0 saturated carbocycles. The van der Waals surface area contributed by atoms with E-state index < -0.39 is 0 Å². The zero-order valence-corrected chi connectivity index (χ0v) is 36.2. The van der Waals surface area contributed by atoms with Crippen LogP contribution in [0.5, 0.6) is 0 Å². The maximum absolute atomic E-state index is 6.54. The number of hydrogen-bond acceptors (Lipinski definition) is 2. The Morgan fingerprint density at radius 3 is 1.35 bits per heavy atom. The van der Waals surface area contributed by atoms with Crippen LogP contribution < -0.4 is 4.90 Å². The molecule has 12 aromatic rings. The topological polar surface area (TPSA) is 16.4 Å². The lowest BCUT2D eigenvalue weighted by Gasteiger charge is -2.28. The predicted octanol–water partition coefficient (Wildman–Crippen LogP) is 18.2. The fourth-order valence-corrected chi connectivity index (χ4v) is 9.60. The molecule has 0 aliphatic rings. The number of benzene rings is 11. The van der Waals surface area contributed by atoms with Gasteiger partial charge in [0.1, 0.15) is 11.2 Å². The van der Waals surface area contributed by atoms with Gasteiger partial charge in [-0.15, -0.1) is 0 Å². The van der Waals surface area contributed by atoms with Crippen molar-refractivity contribution in [2.75, 3.05) is 4.90 Å². The first kappa shape index (κ1) is 38.9. The first-order valence-electron chi connectivity index (χ1n) is 22.6. The van der Waals surface area contributed by atoms with Crippen molar-refractivity contribution in [1.29, 1.82) is 0 Å². The largest absolute Gasteiger partial charge is 0.456 e. The van der Waals surface area contributed by atoms with E-state index in [9.17, 15) is 0 Å². The monoisotopic (exact) mass is 841 g/mol. The predicted molar refractivity (Wildman–Crippen MR) is 279 cm³/mol. The highest BCUT2D eigenvalue weighted by molar-refractivity contribution is 6.22. The molecule has 0 aliphatic carbocycles. The van der Waals surface area contributed by atoms with Crippen LogP contribution >= 0.6 is 0 Å². The molecule has 2 heteroatoms. The molecule has 0 unspecified atom stereocenters. The molecule has 1 heterocycles. The van der Waals surface area contributed by atoms with Crippen molar-refractivity contribution >= 4 is 49.8 Å². The molecule has 310 valence electrons. The van der Waals surface area contributed by atoms with Gasteiger partial charge in [-0.05, 0) is 127 Å². The molecular formula is C64H43NO. The minimum atomic E-state index is 0.894. The Morgan fingerprint density at radius 1 is 0.242 bits per heavy atom. The van der Waals surface area contributed by atoms with Gasteiger partial charge in [0, 0.05) is 27.7 Å². The van der Waals surface area contributed by atoms with E-state index in [0.717, 1.165) is 61.3 Å². The highest BCUT2D eigenvalue weighted by Gasteiger charge is 2.19. The Bertz CT molecular complexity index is 3650. The Labute approximate surface area is 384 Å². The summed E-state index contributed by atoms with van der Waals surface area (Å²) in [5.74, 6) is 0. The van der Waals surface area contributed by atoms with Gasteiger partial charge < -0.3 is 9.32 Å². The standard InChI is InChI=1S/C64H43NO/c1-4-15-44(16-5-1)46-27-29-47(30-28-46)48-31-36-54(37-32-48)65(61-25-12-10-23-56(61)50-19-8-3-9-20-50)55-38-33-49(34-39-55)52-35-40-57-60(42-52)59(43-63-64(57)58-24-11-13-26-62(58)66-63)53-22-14-21-51(41-53)45-17-6-2-7-18-45/h1-43H. The van der Waals surface area contributed by atoms with E-state index in [1.54, 1.807) is 0 Å².